The van der Waals surface area contributed by atoms with Crippen LogP contribution in [0.5, 0.6) is 0 Å². The first-order valence-corrected chi connectivity index (χ1v) is 5.80. The fourth-order valence-electron chi connectivity index (χ4n) is 1.33. The summed E-state index contributed by atoms with van der Waals surface area (Å²) in [4.78, 5) is 4.09. The molecule has 0 aromatic carbocycles. The minimum atomic E-state index is 0.164. The van der Waals surface area contributed by atoms with Gasteiger partial charge >= 0.3 is 0 Å². The third kappa shape index (κ3) is 2.40. The zero-order valence-corrected chi connectivity index (χ0v) is 9.76. The molecule has 2 aromatic rings. The summed E-state index contributed by atoms with van der Waals surface area (Å²) in [6.07, 6.45) is 5.27. The Kier molecular flexibility index (Phi) is 3.53. The summed E-state index contributed by atoms with van der Waals surface area (Å²) >= 11 is 1.60. The maximum atomic E-state index is 5.77. The summed E-state index contributed by atoms with van der Waals surface area (Å²) in [6.45, 7) is 0.545. The molecule has 16 heavy (non-hydrogen) atoms. The normalized spacial score (nSPS) is 12.6. The van der Waals surface area contributed by atoms with Crippen LogP contribution in [0.3, 0.4) is 0 Å². The highest BCUT2D eigenvalue weighted by Gasteiger charge is 2.14. The summed E-state index contributed by atoms with van der Waals surface area (Å²) in [7, 11) is 1.92. The van der Waals surface area contributed by atoms with E-state index in [0.29, 0.717) is 6.54 Å². The smallest absolute Gasteiger partial charge is 0.191 e. The zero-order valence-electron chi connectivity index (χ0n) is 8.95. The minimum absolute atomic E-state index is 0.164. The van der Waals surface area contributed by atoms with Crippen molar-refractivity contribution < 1.29 is 0 Å². The molecule has 0 amide bonds. The molecule has 5 nitrogen and oxygen atoms in total. The van der Waals surface area contributed by atoms with Crippen LogP contribution in [0, 0.1) is 0 Å². The second-order valence-corrected chi connectivity index (χ2v) is 4.52. The van der Waals surface area contributed by atoms with Gasteiger partial charge in [0.2, 0.25) is 0 Å². The van der Waals surface area contributed by atoms with Crippen LogP contribution in [0.2, 0.25) is 0 Å². The van der Waals surface area contributed by atoms with Crippen molar-refractivity contribution in [2.24, 2.45) is 12.8 Å². The number of thioether (sulfide) groups is 1. The van der Waals surface area contributed by atoms with Gasteiger partial charge in [0.15, 0.2) is 5.16 Å². The van der Waals surface area contributed by atoms with E-state index in [4.69, 9.17) is 5.73 Å². The van der Waals surface area contributed by atoms with Gasteiger partial charge in [0, 0.05) is 26.0 Å². The predicted octanol–water partition coefficient (Wildman–Crippen LogP) is 1.00. The van der Waals surface area contributed by atoms with Crippen LogP contribution < -0.4 is 5.73 Å². The predicted molar refractivity (Wildman–Crippen MR) is 62.9 cm³/mol. The largest absolute Gasteiger partial charge is 0.329 e. The van der Waals surface area contributed by atoms with Crippen LogP contribution in [-0.2, 0) is 7.05 Å². The number of nitrogens with two attached hydrogens (primary N) is 1. The van der Waals surface area contributed by atoms with Crippen LogP contribution in [0.25, 0.3) is 0 Å². The Labute approximate surface area is 98.1 Å². The summed E-state index contributed by atoms with van der Waals surface area (Å²) < 4.78 is 1.88. The van der Waals surface area contributed by atoms with Gasteiger partial charge in [0.1, 0.15) is 6.33 Å². The number of hydrogen-bond acceptors (Lipinski definition) is 5. The second kappa shape index (κ2) is 5.09. The number of nitrogens with zero attached hydrogens (tertiary/aromatic N) is 4. The van der Waals surface area contributed by atoms with Crippen molar-refractivity contribution in [3.05, 3.63) is 36.4 Å². The Morgan fingerprint density at radius 3 is 3.00 bits per heavy atom. The Balaban J connectivity index is 2.16. The lowest BCUT2D eigenvalue weighted by atomic mass is 10.2. The topological polar surface area (TPSA) is 69.6 Å². The van der Waals surface area contributed by atoms with Crippen molar-refractivity contribution >= 4 is 11.8 Å². The molecule has 2 rings (SSSR count). The van der Waals surface area contributed by atoms with Crippen LogP contribution in [0.15, 0.2) is 36.0 Å². The van der Waals surface area contributed by atoms with Gasteiger partial charge in [-0.3, -0.25) is 4.98 Å². The highest BCUT2D eigenvalue weighted by molar-refractivity contribution is 7.99. The molecule has 0 bridgehead atoms. The SMILES string of the molecule is Cn1cnnc1SC(CN)c1cccnc1. The van der Waals surface area contributed by atoms with Gasteiger partial charge in [0.25, 0.3) is 0 Å². The number of hydrogen-bond donors (Lipinski definition) is 1. The van der Waals surface area contributed by atoms with E-state index in [0.717, 1.165) is 10.7 Å². The molecule has 1 atom stereocenters. The molecule has 6 heteroatoms. The van der Waals surface area contributed by atoms with Crippen LogP contribution >= 0.6 is 11.8 Å². The first-order valence-electron chi connectivity index (χ1n) is 4.92. The third-order valence-corrected chi connectivity index (χ3v) is 3.52. The van der Waals surface area contributed by atoms with E-state index >= 15 is 0 Å². The molecule has 0 radical (unpaired) electrons. The van der Waals surface area contributed by atoms with Gasteiger partial charge in [-0.1, -0.05) is 17.8 Å². The molecule has 0 saturated carbocycles. The van der Waals surface area contributed by atoms with E-state index in [9.17, 15) is 0 Å². The number of aryl methyl sites for hydroxylation is 1. The Bertz CT molecular complexity index is 441. The van der Waals surface area contributed by atoms with E-state index in [2.05, 4.69) is 15.2 Å². The van der Waals surface area contributed by atoms with Gasteiger partial charge in [-0.05, 0) is 11.6 Å². The van der Waals surface area contributed by atoms with Gasteiger partial charge in [-0.2, -0.15) is 0 Å². The lowest BCUT2D eigenvalue weighted by Crippen LogP contribution is -2.10. The quantitative estimate of drug-likeness (QED) is 0.801. The Morgan fingerprint density at radius 1 is 1.56 bits per heavy atom. The minimum Gasteiger partial charge on any atom is -0.329 e. The molecule has 2 N–H and O–H groups in total. The Morgan fingerprint density at radius 2 is 2.44 bits per heavy atom. The molecule has 0 aliphatic rings. The molecule has 0 fully saturated rings. The van der Waals surface area contributed by atoms with E-state index < -0.39 is 0 Å². The highest BCUT2D eigenvalue weighted by atomic mass is 32.2. The molecule has 0 aliphatic heterocycles. The fraction of sp³-hybridized carbons (Fsp3) is 0.300. The van der Waals surface area contributed by atoms with Gasteiger partial charge in [-0.15, -0.1) is 10.2 Å². The van der Waals surface area contributed by atoms with Crippen molar-refractivity contribution in [3.8, 4) is 0 Å². The second-order valence-electron chi connectivity index (χ2n) is 3.35. The molecule has 0 spiro atoms. The highest BCUT2D eigenvalue weighted by Crippen LogP contribution is 2.32. The van der Waals surface area contributed by atoms with E-state index in [1.165, 1.54) is 0 Å². The molecule has 2 aromatic heterocycles. The molecule has 0 saturated heterocycles. The molecule has 0 aliphatic carbocycles. The maximum Gasteiger partial charge on any atom is 0.191 e. The van der Waals surface area contributed by atoms with E-state index in [-0.39, 0.29) is 5.25 Å². The molecule has 2 heterocycles. The van der Waals surface area contributed by atoms with Crippen molar-refractivity contribution in [1.29, 1.82) is 0 Å². The van der Waals surface area contributed by atoms with Crippen LogP contribution in [0.1, 0.15) is 10.8 Å². The maximum absolute atomic E-state index is 5.77. The summed E-state index contributed by atoms with van der Waals surface area (Å²) in [5.41, 5.74) is 6.87. The van der Waals surface area contributed by atoms with Crippen molar-refractivity contribution in [2.75, 3.05) is 6.54 Å². The fourth-order valence-corrected chi connectivity index (χ4v) is 2.26. The van der Waals surface area contributed by atoms with Gasteiger partial charge < -0.3 is 10.3 Å². The molecular formula is C10H13N5S. The lowest BCUT2D eigenvalue weighted by molar-refractivity contribution is 0.781. The lowest BCUT2D eigenvalue weighted by Gasteiger charge is -2.12. The van der Waals surface area contributed by atoms with Crippen LogP contribution in [0.4, 0.5) is 0 Å². The average molecular weight is 235 g/mol. The molecule has 1 unspecified atom stereocenters. The standard InChI is InChI=1S/C10H13N5S/c1-15-7-13-14-10(15)16-9(5-11)8-3-2-4-12-6-8/h2-4,6-7,9H,5,11H2,1H3. The first-order chi connectivity index (χ1) is 7.81. The van der Waals surface area contributed by atoms with Crippen molar-refractivity contribution in [3.63, 3.8) is 0 Å². The molecular weight excluding hydrogens is 222 g/mol. The zero-order chi connectivity index (χ0) is 11.4. The summed E-state index contributed by atoms with van der Waals surface area (Å²) in [5, 5.41) is 8.89. The van der Waals surface area contributed by atoms with E-state index in [1.54, 1.807) is 24.3 Å². The van der Waals surface area contributed by atoms with Crippen LogP contribution in [-0.4, -0.2) is 26.3 Å². The van der Waals surface area contributed by atoms with Gasteiger partial charge in [-0.25, -0.2) is 0 Å². The third-order valence-electron chi connectivity index (χ3n) is 2.19. The monoisotopic (exact) mass is 235 g/mol. The first kappa shape index (κ1) is 11.1. The summed E-state index contributed by atoms with van der Waals surface area (Å²) in [6, 6.07) is 3.93. The van der Waals surface area contributed by atoms with Gasteiger partial charge in [0.05, 0.1) is 5.25 Å². The molecule has 84 valence electrons. The number of aromatic nitrogens is 4. The Hall–Kier alpha value is -1.40. The average Bonchev–Trinajstić information content (AvgIpc) is 2.73. The van der Waals surface area contributed by atoms with E-state index in [1.807, 2.05) is 29.9 Å². The number of rotatable bonds is 4. The number of pyridine rings is 1. The van der Waals surface area contributed by atoms with Crippen molar-refractivity contribution in [2.45, 2.75) is 10.4 Å². The summed E-state index contributed by atoms with van der Waals surface area (Å²) in [5.74, 6) is 0. The van der Waals surface area contributed by atoms with Crippen molar-refractivity contribution in [1.82, 2.24) is 19.7 Å².